The van der Waals surface area contributed by atoms with E-state index in [9.17, 15) is 4.79 Å². The Bertz CT molecular complexity index is 696. The van der Waals surface area contributed by atoms with E-state index in [0.29, 0.717) is 13.1 Å². The van der Waals surface area contributed by atoms with E-state index >= 15 is 0 Å². The van der Waals surface area contributed by atoms with Crippen molar-refractivity contribution >= 4 is 38.9 Å². The van der Waals surface area contributed by atoms with Crippen molar-refractivity contribution in [1.29, 1.82) is 0 Å². The standard InChI is InChI=1S/C18H21BrN2OS/c1-4-9-21(11-15-6-8-17(19)23-15)12-18(22)20-16-7-5-13(2)10-14(16)3/h4-8,10H,1,9,11-12H2,2-3H3,(H,20,22). The molecule has 2 rings (SSSR count). The molecule has 5 heteroatoms. The maximum atomic E-state index is 12.3. The van der Waals surface area contributed by atoms with Crippen LogP contribution in [0.5, 0.6) is 0 Å². The van der Waals surface area contributed by atoms with Gasteiger partial charge in [0.2, 0.25) is 5.91 Å². The van der Waals surface area contributed by atoms with Crippen LogP contribution in [0.3, 0.4) is 0 Å². The molecule has 0 aliphatic carbocycles. The normalized spacial score (nSPS) is 10.8. The van der Waals surface area contributed by atoms with E-state index < -0.39 is 0 Å². The van der Waals surface area contributed by atoms with Gasteiger partial charge in [0.05, 0.1) is 10.3 Å². The minimum atomic E-state index is -0.00516. The van der Waals surface area contributed by atoms with Crippen molar-refractivity contribution in [3.05, 3.63) is 62.8 Å². The van der Waals surface area contributed by atoms with Crippen LogP contribution >= 0.6 is 27.3 Å². The van der Waals surface area contributed by atoms with Gasteiger partial charge in [-0.15, -0.1) is 17.9 Å². The van der Waals surface area contributed by atoms with Gasteiger partial charge in [0.25, 0.3) is 0 Å². The van der Waals surface area contributed by atoms with E-state index in [0.717, 1.165) is 21.6 Å². The van der Waals surface area contributed by atoms with Gasteiger partial charge >= 0.3 is 0 Å². The first-order chi connectivity index (χ1) is 11.0. The van der Waals surface area contributed by atoms with E-state index in [4.69, 9.17) is 0 Å². The van der Waals surface area contributed by atoms with Crippen LogP contribution < -0.4 is 5.32 Å². The van der Waals surface area contributed by atoms with Crippen molar-refractivity contribution in [3.8, 4) is 0 Å². The van der Waals surface area contributed by atoms with Gasteiger partial charge in [0, 0.05) is 23.7 Å². The number of nitrogens with zero attached hydrogens (tertiary/aromatic N) is 1. The lowest BCUT2D eigenvalue weighted by atomic mass is 10.1. The zero-order chi connectivity index (χ0) is 16.8. The summed E-state index contributed by atoms with van der Waals surface area (Å²) in [6, 6.07) is 10.1. The summed E-state index contributed by atoms with van der Waals surface area (Å²) in [5.74, 6) is -0.00516. The molecule has 0 aliphatic rings. The highest BCUT2D eigenvalue weighted by atomic mass is 79.9. The van der Waals surface area contributed by atoms with Crippen molar-refractivity contribution in [1.82, 2.24) is 4.90 Å². The third kappa shape index (κ3) is 5.61. The lowest BCUT2D eigenvalue weighted by Gasteiger charge is -2.19. The first-order valence-corrected chi connectivity index (χ1v) is 9.03. The Morgan fingerprint density at radius 3 is 2.74 bits per heavy atom. The molecule has 1 heterocycles. The molecule has 0 spiro atoms. The fraction of sp³-hybridized carbons (Fsp3) is 0.278. The topological polar surface area (TPSA) is 32.3 Å². The molecule has 0 fully saturated rings. The average molecular weight is 393 g/mol. The monoisotopic (exact) mass is 392 g/mol. The number of benzene rings is 1. The predicted octanol–water partition coefficient (Wildman–Crippen LogP) is 4.75. The lowest BCUT2D eigenvalue weighted by Crippen LogP contribution is -2.33. The largest absolute Gasteiger partial charge is 0.325 e. The maximum absolute atomic E-state index is 12.3. The molecular formula is C18H21BrN2OS. The molecule has 1 N–H and O–H groups in total. The maximum Gasteiger partial charge on any atom is 0.238 e. The Morgan fingerprint density at radius 2 is 2.13 bits per heavy atom. The van der Waals surface area contributed by atoms with Gasteiger partial charge in [0.1, 0.15) is 0 Å². The molecule has 1 amide bonds. The van der Waals surface area contributed by atoms with Crippen molar-refractivity contribution in [2.24, 2.45) is 0 Å². The summed E-state index contributed by atoms with van der Waals surface area (Å²) < 4.78 is 1.10. The molecule has 0 saturated carbocycles. The number of rotatable bonds is 7. The van der Waals surface area contributed by atoms with Crippen molar-refractivity contribution in [2.75, 3.05) is 18.4 Å². The van der Waals surface area contributed by atoms with Gasteiger partial charge < -0.3 is 5.32 Å². The number of carbonyl (C=O) groups is 1. The third-order valence-corrected chi connectivity index (χ3v) is 5.03. The fourth-order valence-electron chi connectivity index (χ4n) is 2.37. The number of carbonyl (C=O) groups excluding carboxylic acids is 1. The van der Waals surface area contributed by atoms with Gasteiger partial charge in [-0.25, -0.2) is 0 Å². The van der Waals surface area contributed by atoms with E-state index in [1.807, 2.05) is 38.1 Å². The third-order valence-electron chi connectivity index (χ3n) is 3.42. The fourth-order valence-corrected chi connectivity index (χ4v) is 3.90. The van der Waals surface area contributed by atoms with Crippen LogP contribution in [-0.4, -0.2) is 23.9 Å². The summed E-state index contributed by atoms with van der Waals surface area (Å²) in [6.45, 7) is 9.59. The van der Waals surface area contributed by atoms with E-state index in [2.05, 4.69) is 44.9 Å². The Labute approximate surface area is 150 Å². The van der Waals surface area contributed by atoms with Crippen LogP contribution in [-0.2, 0) is 11.3 Å². The average Bonchev–Trinajstić information content (AvgIpc) is 2.87. The number of anilines is 1. The van der Waals surface area contributed by atoms with Crippen LogP contribution in [0.15, 0.2) is 46.8 Å². The molecule has 0 radical (unpaired) electrons. The summed E-state index contributed by atoms with van der Waals surface area (Å²) in [5, 5.41) is 3.00. The molecule has 1 aromatic carbocycles. The highest BCUT2D eigenvalue weighted by Crippen LogP contribution is 2.23. The lowest BCUT2D eigenvalue weighted by molar-refractivity contribution is -0.117. The van der Waals surface area contributed by atoms with Crippen molar-refractivity contribution in [3.63, 3.8) is 0 Å². The molecule has 0 saturated heterocycles. The highest BCUT2D eigenvalue weighted by Gasteiger charge is 2.12. The molecule has 0 bridgehead atoms. The Hall–Kier alpha value is -1.43. The smallest absolute Gasteiger partial charge is 0.238 e. The van der Waals surface area contributed by atoms with Gasteiger partial charge in [-0.1, -0.05) is 23.8 Å². The van der Waals surface area contributed by atoms with E-state index in [1.54, 1.807) is 11.3 Å². The Balaban J connectivity index is 1.98. The number of nitrogens with one attached hydrogen (secondary N) is 1. The molecule has 122 valence electrons. The second-order valence-corrected chi connectivity index (χ2v) is 8.08. The molecule has 1 aromatic heterocycles. The molecule has 0 aliphatic heterocycles. The first kappa shape index (κ1) is 17.9. The van der Waals surface area contributed by atoms with Crippen LogP contribution in [0.1, 0.15) is 16.0 Å². The number of aryl methyl sites for hydroxylation is 2. The minimum absolute atomic E-state index is 0.00516. The van der Waals surface area contributed by atoms with E-state index in [1.165, 1.54) is 10.4 Å². The summed E-state index contributed by atoms with van der Waals surface area (Å²) in [4.78, 5) is 15.6. The minimum Gasteiger partial charge on any atom is -0.325 e. The molecule has 2 aromatic rings. The predicted molar refractivity (Wildman–Crippen MR) is 102 cm³/mol. The van der Waals surface area contributed by atoms with Crippen LogP contribution in [0.25, 0.3) is 0 Å². The second kappa shape index (κ2) is 8.43. The number of thiophene rings is 1. The summed E-state index contributed by atoms with van der Waals surface area (Å²) >= 11 is 5.16. The summed E-state index contributed by atoms with van der Waals surface area (Å²) in [6.07, 6.45) is 1.83. The number of halogens is 1. The molecule has 0 atom stereocenters. The first-order valence-electron chi connectivity index (χ1n) is 7.42. The quantitative estimate of drug-likeness (QED) is 0.689. The van der Waals surface area contributed by atoms with E-state index in [-0.39, 0.29) is 5.91 Å². The number of hydrogen-bond acceptors (Lipinski definition) is 3. The SMILES string of the molecule is C=CCN(CC(=O)Nc1ccc(C)cc1C)Cc1ccc(Br)s1. The summed E-state index contributed by atoms with van der Waals surface area (Å²) in [5.41, 5.74) is 3.14. The summed E-state index contributed by atoms with van der Waals surface area (Å²) in [7, 11) is 0. The Morgan fingerprint density at radius 1 is 1.35 bits per heavy atom. The molecule has 23 heavy (non-hydrogen) atoms. The molecule has 0 unspecified atom stereocenters. The van der Waals surface area contributed by atoms with Crippen molar-refractivity contribution < 1.29 is 4.79 Å². The van der Waals surface area contributed by atoms with Gasteiger partial charge in [-0.3, -0.25) is 9.69 Å². The van der Waals surface area contributed by atoms with Crippen LogP contribution in [0, 0.1) is 13.8 Å². The van der Waals surface area contributed by atoms with Crippen LogP contribution in [0.2, 0.25) is 0 Å². The van der Waals surface area contributed by atoms with Crippen molar-refractivity contribution in [2.45, 2.75) is 20.4 Å². The molecule has 3 nitrogen and oxygen atoms in total. The van der Waals surface area contributed by atoms with Gasteiger partial charge in [-0.05, 0) is 53.5 Å². The number of amides is 1. The van der Waals surface area contributed by atoms with Gasteiger partial charge in [-0.2, -0.15) is 0 Å². The molecular weight excluding hydrogens is 372 g/mol. The zero-order valence-corrected chi connectivity index (χ0v) is 15.8. The zero-order valence-electron chi connectivity index (χ0n) is 13.4. The Kier molecular flexibility index (Phi) is 6.57. The number of hydrogen-bond donors (Lipinski definition) is 1. The van der Waals surface area contributed by atoms with Gasteiger partial charge in [0.15, 0.2) is 0 Å². The van der Waals surface area contributed by atoms with Crippen LogP contribution in [0.4, 0.5) is 5.69 Å². The second-order valence-electron chi connectivity index (χ2n) is 5.53. The highest BCUT2D eigenvalue weighted by molar-refractivity contribution is 9.11.